The lowest BCUT2D eigenvalue weighted by Gasteiger charge is -2.36. The van der Waals surface area contributed by atoms with E-state index in [2.05, 4.69) is 0 Å². The van der Waals surface area contributed by atoms with Crippen molar-refractivity contribution < 1.29 is 13.3 Å². The average molecular weight is 331 g/mol. The van der Waals surface area contributed by atoms with E-state index < -0.39 is 14.9 Å². The fourth-order valence-electron chi connectivity index (χ4n) is 2.17. The van der Waals surface area contributed by atoms with Gasteiger partial charge in [-0.1, -0.05) is 0 Å². The molecule has 1 aromatic rings. The second-order valence-corrected chi connectivity index (χ2v) is 9.16. The monoisotopic (exact) mass is 331 g/mol. The number of rotatable bonds is 3. The van der Waals surface area contributed by atoms with Crippen molar-refractivity contribution in [2.75, 3.05) is 24.6 Å². The Balaban J connectivity index is 2.40. The van der Waals surface area contributed by atoms with E-state index in [0.717, 1.165) is 6.07 Å². The number of sulfonamides is 1. The topological polar surface area (TPSA) is 107 Å². The molecule has 0 radical (unpaired) electrons. The van der Waals surface area contributed by atoms with Crippen LogP contribution in [0.15, 0.2) is 23.1 Å². The first kappa shape index (κ1) is 16.1. The van der Waals surface area contributed by atoms with Crippen LogP contribution >= 0.6 is 11.8 Å². The van der Waals surface area contributed by atoms with Crippen LogP contribution in [0.25, 0.3) is 0 Å². The summed E-state index contributed by atoms with van der Waals surface area (Å²) in [4.78, 5) is 10.1. The van der Waals surface area contributed by atoms with Crippen LogP contribution in [0.1, 0.15) is 13.8 Å². The maximum Gasteiger partial charge on any atom is 0.293 e. The second-order valence-electron chi connectivity index (χ2n) is 5.42. The Morgan fingerprint density at radius 3 is 2.67 bits per heavy atom. The summed E-state index contributed by atoms with van der Waals surface area (Å²) in [5.74, 6) is 0.698. The molecule has 0 spiro atoms. The third kappa shape index (κ3) is 3.30. The molecule has 0 saturated carbocycles. The predicted molar refractivity (Wildman–Crippen MR) is 82.8 cm³/mol. The lowest BCUT2D eigenvalue weighted by atomic mass is 10.2. The van der Waals surface area contributed by atoms with Gasteiger partial charge in [-0.25, -0.2) is 8.42 Å². The highest BCUT2D eigenvalue weighted by Crippen LogP contribution is 2.33. The smallest absolute Gasteiger partial charge is 0.293 e. The van der Waals surface area contributed by atoms with Gasteiger partial charge in [-0.3, -0.25) is 10.1 Å². The summed E-state index contributed by atoms with van der Waals surface area (Å²) in [6, 6.07) is 3.60. The van der Waals surface area contributed by atoms with Gasteiger partial charge in [0, 0.05) is 29.7 Å². The Morgan fingerprint density at radius 1 is 1.43 bits per heavy atom. The fraction of sp³-hybridized carbons (Fsp3) is 0.500. The van der Waals surface area contributed by atoms with E-state index in [1.165, 1.54) is 16.4 Å². The summed E-state index contributed by atoms with van der Waals surface area (Å²) in [7, 11) is -3.75. The molecule has 2 N–H and O–H groups in total. The molecule has 1 fully saturated rings. The minimum absolute atomic E-state index is 0.0477. The van der Waals surface area contributed by atoms with Crippen LogP contribution in [-0.2, 0) is 10.0 Å². The van der Waals surface area contributed by atoms with Crippen LogP contribution in [0, 0.1) is 10.1 Å². The quantitative estimate of drug-likeness (QED) is 0.513. The fourth-order valence-corrected chi connectivity index (χ4v) is 5.10. The van der Waals surface area contributed by atoms with E-state index >= 15 is 0 Å². The zero-order chi connectivity index (χ0) is 15.8. The molecule has 2 rings (SSSR count). The molecule has 1 heterocycles. The van der Waals surface area contributed by atoms with E-state index in [-0.39, 0.29) is 21.0 Å². The summed E-state index contributed by atoms with van der Waals surface area (Å²) in [6.45, 7) is 4.72. The summed E-state index contributed by atoms with van der Waals surface area (Å²) in [5, 5.41) is 10.9. The lowest BCUT2D eigenvalue weighted by molar-refractivity contribution is -0.384. The van der Waals surface area contributed by atoms with E-state index in [4.69, 9.17) is 5.73 Å². The SMILES string of the molecule is CC1(C)CN(S(=O)(=O)c2ccc(N)c([N+](=O)[O-])c2)CCS1. The van der Waals surface area contributed by atoms with E-state index in [1.54, 1.807) is 11.8 Å². The third-order valence-electron chi connectivity index (χ3n) is 3.23. The van der Waals surface area contributed by atoms with Crippen molar-refractivity contribution in [3.63, 3.8) is 0 Å². The lowest BCUT2D eigenvalue weighted by Crippen LogP contribution is -2.46. The molecule has 9 heteroatoms. The molecule has 1 aromatic carbocycles. The van der Waals surface area contributed by atoms with E-state index in [0.29, 0.717) is 18.8 Å². The van der Waals surface area contributed by atoms with Gasteiger partial charge in [-0.2, -0.15) is 16.1 Å². The molecule has 0 amide bonds. The first-order valence-corrected chi connectivity index (χ1v) is 8.74. The summed E-state index contributed by atoms with van der Waals surface area (Å²) in [5.41, 5.74) is 5.07. The number of nitro groups is 1. The molecule has 116 valence electrons. The van der Waals surface area contributed by atoms with Gasteiger partial charge < -0.3 is 5.73 Å². The molecule has 7 nitrogen and oxygen atoms in total. The zero-order valence-electron chi connectivity index (χ0n) is 11.8. The second kappa shape index (κ2) is 5.47. The first-order chi connectivity index (χ1) is 9.63. The first-order valence-electron chi connectivity index (χ1n) is 6.31. The van der Waals surface area contributed by atoms with Crippen molar-refractivity contribution in [1.29, 1.82) is 0 Å². The summed E-state index contributed by atoms with van der Waals surface area (Å²) in [6.07, 6.45) is 0. The highest BCUT2D eigenvalue weighted by molar-refractivity contribution is 8.00. The molecule has 0 aliphatic carbocycles. The number of hydrogen-bond donors (Lipinski definition) is 1. The standard InChI is InChI=1S/C12H17N3O4S2/c1-12(2)8-14(5-6-20-12)21(18,19)9-3-4-10(13)11(7-9)15(16)17/h3-4,7H,5-6,8,13H2,1-2H3. The highest BCUT2D eigenvalue weighted by atomic mass is 32.2. The van der Waals surface area contributed by atoms with Crippen molar-refractivity contribution in [2.24, 2.45) is 0 Å². The maximum absolute atomic E-state index is 12.6. The maximum atomic E-state index is 12.6. The average Bonchev–Trinajstić information content (AvgIpc) is 2.37. The van der Waals surface area contributed by atoms with Gasteiger partial charge in [0.15, 0.2) is 0 Å². The summed E-state index contributed by atoms with van der Waals surface area (Å²) >= 11 is 1.71. The van der Waals surface area contributed by atoms with Crippen molar-refractivity contribution in [1.82, 2.24) is 4.31 Å². The van der Waals surface area contributed by atoms with Crippen LogP contribution in [0.2, 0.25) is 0 Å². The minimum atomic E-state index is -3.75. The number of nitrogens with zero attached hydrogens (tertiary/aromatic N) is 2. The molecule has 1 aliphatic heterocycles. The van der Waals surface area contributed by atoms with E-state index in [9.17, 15) is 18.5 Å². The number of nitrogen functional groups attached to an aromatic ring is 1. The van der Waals surface area contributed by atoms with Crippen LogP contribution in [0.4, 0.5) is 11.4 Å². The largest absolute Gasteiger partial charge is 0.393 e. The number of nitro benzene ring substituents is 1. The number of nitrogens with two attached hydrogens (primary N) is 1. The van der Waals surface area contributed by atoms with Crippen LogP contribution in [-0.4, -0.2) is 41.2 Å². The summed E-state index contributed by atoms with van der Waals surface area (Å²) < 4.78 is 26.4. The van der Waals surface area contributed by atoms with Crippen molar-refractivity contribution in [3.05, 3.63) is 28.3 Å². The van der Waals surface area contributed by atoms with Crippen LogP contribution in [0.3, 0.4) is 0 Å². The van der Waals surface area contributed by atoms with Gasteiger partial charge in [-0.15, -0.1) is 0 Å². The Hall–Kier alpha value is -1.32. The molecular formula is C12H17N3O4S2. The molecular weight excluding hydrogens is 314 g/mol. The Bertz CT molecular complexity index is 673. The Labute approximate surface area is 127 Å². The van der Waals surface area contributed by atoms with Crippen molar-refractivity contribution in [2.45, 2.75) is 23.5 Å². The molecule has 21 heavy (non-hydrogen) atoms. The third-order valence-corrected chi connectivity index (χ3v) is 6.37. The Kier molecular flexibility index (Phi) is 4.18. The van der Waals surface area contributed by atoms with Crippen molar-refractivity contribution in [3.8, 4) is 0 Å². The molecule has 0 aromatic heterocycles. The molecule has 1 aliphatic rings. The molecule has 1 saturated heterocycles. The van der Waals surface area contributed by atoms with Gasteiger partial charge in [0.05, 0.1) is 9.82 Å². The number of hydrogen-bond acceptors (Lipinski definition) is 6. The number of anilines is 1. The minimum Gasteiger partial charge on any atom is -0.393 e. The van der Waals surface area contributed by atoms with Crippen molar-refractivity contribution >= 4 is 33.2 Å². The molecule has 0 unspecified atom stereocenters. The van der Waals surface area contributed by atoms with Gasteiger partial charge in [0.2, 0.25) is 10.0 Å². The molecule has 0 atom stereocenters. The van der Waals surface area contributed by atoms with Crippen LogP contribution < -0.4 is 5.73 Å². The van der Waals surface area contributed by atoms with Gasteiger partial charge in [-0.05, 0) is 26.0 Å². The van der Waals surface area contributed by atoms with Gasteiger partial charge in [0.1, 0.15) is 5.69 Å². The predicted octanol–water partition coefficient (Wildman–Crippen LogP) is 1.69. The molecule has 0 bridgehead atoms. The Morgan fingerprint density at radius 2 is 2.10 bits per heavy atom. The van der Waals surface area contributed by atoms with Gasteiger partial charge in [0.25, 0.3) is 5.69 Å². The van der Waals surface area contributed by atoms with E-state index in [1.807, 2.05) is 13.8 Å². The van der Waals surface area contributed by atoms with Gasteiger partial charge >= 0.3 is 0 Å². The number of thioether (sulfide) groups is 1. The zero-order valence-corrected chi connectivity index (χ0v) is 13.4. The number of benzene rings is 1. The van der Waals surface area contributed by atoms with Crippen LogP contribution in [0.5, 0.6) is 0 Å². The highest BCUT2D eigenvalue weighted by Gasteiger charge is 2.35. The normalized spacial score (nSPS) is 19.3.